The van der Waals surface area contributed by atoms with Crippen LogP contribution >= 0.6 is 0 Å². The third-order valence-corrected chi connectivity index (χ3v) is 5.80. The number of benzene rings is 2. The first-order valence-electron chi connectivity index (χ1n) is 10.3. The molecule has 1 fully saturated rings. The molecule has 6 heteroatoms. The number of rotatable bonds is 7. The molecule has 0 aromatic heterocycles. The van der Waals surface area contributed by atoms with Crippen molar-refractivity contribution in [3.8, 4) is 5.75 Å². The summed E-state index contributed by atoms with van der Waals surface area (Å²) in [7, 11) is 0. The van der Waals surface area contributed by atoms with E-state index in [0.29, 0.717) is 0 Å². The van der Waals surface area contributed by atoms with E-state index in [1.807, 2.05) is 31.2 Å². The van der Waals surface area contributed by atoms with Crippen molar-refractivity contribution < 1.29 is 14.5 Å². The molecule has 3 rings (SSSR count). The molecule has 1 aliphatic rings. The van der Waals surface area contributed by atoms with Crippen LogP contribution in [0.15, 0.2) is 48.5 Å². The Labute approximate surface area is 171 Å². The lowest BCUT2D eigenvalue weighted by Crippen LogP contribution is -2.42. The zero-order valence-electron chi connectivity index (χ0n) is 17.0. The Bertz CT molecular complexity index is 840. The van der Waals surface area contributed by atoms with Crippen LogP contribution in [0.3, 0.4) is 0 Å². The molecule has 0 saturated heterocycles. The van der Waals surface area contributed by atoms with E-state index in [9.17, 15) is 14.9 Å². The summed E-state index contributed by atoms with van der Waals surface area (Å²) in [5.74, 6) is 0.724. The maximum Gasteiger partial charge on any atom is 0.269 e. The molecule has 1 aliphatic carbocycles. The first-order chi connectivity index (χ1) is 13.9. The summed E-state index contributed by atoms with van der Waals surface area (Å²) >= 11 is 0. The van der Waals surface area contributed by atoms with Crippen molar-refractivity contribution in [2.45, 2.75) is 63.9 Å². The fraction of sp³-hybridized carbons (Fsp3) is 0.435. The zero-order valence-corrected chi connectivity index (χ0v) is 17.0. The molecular formula is C23H28N2O4. The molecule has 0 heterocycles. The van der Waals surface area contributed by atoms with Crippen molar-refractivity contribution in [3.05, 3.63) is 64.2 Å². The first kappa shape index (κ1) is 20.8. The van der Waals surface area contributed by atoms with Crippen LogP contribution in [-0.4, -0.2) is 16.9 Å². The van der Waals surface area contributed by atoms with Crippen LogP contribution < -0.4 is 10.1 Å². The average Bonchev–Trinajstić information content (AvgIpc) is 2.75. The van der Waals surface area contributed by atoms with Crippen LogP contribution in [0.25, 0.3) is 0 Å². The SMILES string of the molecule is CC[C@H](C)Oc1ccc(NC(=O)C2(c3ccc([N+](=O)[O-])cc3)CCCCC2)cc1. The summed E-state index contributed by atoms with van der Waals surface area (Å²) in [4.78, 5) is 23.9. The molecule has 0 spiro atoms. The molecule has 1 saturated carbocycles. The van der Waals surface area contributed by atoms with Crippen LogP contribution in [-0.2, 0) is 10.2 Å². The van der Waals surface area contributed by atoms with Crippen molar-refractivity contribution in [1.82, 2.24) is 0 Å². The van der Waals surface area contributed by atoms with Gasteiger partial charge < -0.3 is 10.1 Å². The second kappa shape index (κ2) is 9.07. The highest BCUT2D eigenvalue weighted by Gasteiger charge is 2.41. The third kappa shape index (κ3) is 4.75. The van der Waals surface area contributed by atoms with Gasteiger partial charge in [0, 0.05) is 17.8 Å². The van der Waals surface area contributed by atoms with Gasteiger partial charge in [-0.05, 0) is 56.0 Å². The number of ether oxygens (including phenoxy) is 1. The van der Waals surface area contributed by atoms with Gasteiger partial charge in [-0.3, -0.25) is 14.9 Å². The number of nitrogens with one attached hydrogen (secondary N) is 1. The van der Waals surface area contributed by atoms with Crippen LogP contribution in [0.4, 0.5) is 11.4 Å². The van der Waals surface area contributed by atoms with E-state index in [1.54, 1.807) is 12.1 Å². The maximum absolute atomic E-state index is 13.3. The molecule has 0 bridgehead atoms. The highest BCUT2D eigenvalue weighted by molar-refractivity contribution is 5.99. The van der Waals surface area contributed by atoms with E-state index in [-0.39, 0.29) is 17.7 Å². The Balaban J connectivity index is 1.80. The lowest BCUT2D eigenvalue weighted by Gasteiger charge is -2.36. The fourth-order valence-corrected chi connectivity index (χ4v) is 3.89. The van der Waals surface area contributed by atoms with Gasteiger partial charge in [-0.25, -0.2) is 0 Å². The minimum atomic E-state index is -0.653. The Hall–Kier alpha value is -2.89. The van der Waals surface area contributed by atoms with Gasteiger partial charge in [0.1, 0.15) is 5.75 Å². The van der Waals surface area contributed by atoms with E-state index in [1.165, 1.54) is 12.1 Å². The van der Waals surface area contributed by atoms with Crippen LogP contribution in [0.1, 0.15) is 57.9 Å². The van der Waals surface area contributed by atoms with E-state index in [4.69, 9.17) is 4.74 Å². The Morgan fingerprint density at radius 2 is 1.72 bits per heavy atom. The number of amides is 1. The molecule has 2 aromatic rings. The van der Waals surface area contributed by atoms with Crippen molar-refractivity contribution in [3.63, 3.8) is 0 Å². The van der Waals surface area contributed by atoms with Gasteiger partial charge in [0.2, 0.25) is 5.91 Å². The quantitative estimate of drug-likeness (QED) is 0.487. The average molecular weight is 396 g/mol. The Morgan fingerprint density at radius 3 is 2.28 bits per heavy atom. The van der Waals surface area contributed by atoms with Crippen molar-refractivity contribution in [2.75, 3.05) is 5.32 Å². The first-order valence-corrected chi connectivity index (χ1v) is 10.3. The van der Waals surface area contributed by atoms with E-state index in [2.05, 4.69) is 12.2 Å². The number of non-ortho nitro benzene ring substituents is 1. The van der Waals surface area contributed by atoms with Gasteiger partial charge in [-0.2, -0.15) is 0 Å². The number of carbonyl (C=O) groups excluding carboxylic acids is 1. The van der Waals surface area contributed by atoms with Crippen LogP contribution in [0, 0.1) is 10.1 Å². The smallest absolute Gasteiger partial charge is 0.269 e. The molecule has 2 aromatic carbocycles. The second-order valence-corrected chi connectivity index (χ2v) is 7.76. The highest BCUT2D eigenvalue weighted by atomic mass is 16.6. The topological polar surface area (TPSA) is 81.5 Å². The monoisotopic (exact) mass is 396 g/mol. The van der Waals surface area contributed by atoms with Crippen molar-refractivity contribution in [2.24, 2.45) is 0 Å². The second-order valence-electron chi connectivity index (χ2n) is 7.76. The van der Waals surface area contributed by atoms with Crippen molar-refractivity contribution in [1.29, 1.82) is 0 Å². The van der Waals surface area contributed by atoms with Crippen LogP contribution in [0.5, 0.6) is 5.75 Å². The molecular weight excluding hydrogens is 368 g/mol. The minimum absolute atomic E-state index is 0.0389. The van der Waals surface area contributed by atoms with Gasteiger partial charge in [0.25, 0.3) is 5.69 Å². The summed E-state index contributed by atoms with van der Waals surface area (Å²) in [5.41, 5.74) is 0.951. The lowest BCUT2D eigenvalue weighted by molar-refractivity contribution is -0.384. The summed E-state index contributed by atoms with van der Waals surface area (Å²) in [6.07, 6.45) is 5.58. The van der Waals surface area contributed by atoms with E-state index in [0.717, 1.165) is 55.5 Å². The molecule has 0 aliphatic heterocycles. The summed E-state index contributed by atoms with van der Waals surface area (Å²) in [6.45, 7) is 4.09. The molecule has 0 unspecified atom stereocenters. The van der Waals surface area contributed by atoms with Gasteiger partial charge in [-0.1, -0.05) is 38.3 Å². The van der Waals surface area contributed by atoms with Gasteiger partial charge in [-0.15, -0.1) is 0 Å². The molecule has 0 radical (unpaired) electrons. The third-order valence-electron chi connectivity index (χ3n) is 5.80. The zero-order chi connectivity index (χ0) is 20.9. The number of hydrogen-bond donors (Lipinski definition) is 1. The number of nitrogens with zero attached hydrogens (tertiary/aromatic N) is 1. The molecule has 29 heavy (non-hydrogen) atoms. The van der Waals surface area contributed by atoms with Gasteiger partial charge in [0.15, 0.2) is 0 Å². The highest BCUT2D eigenvalue weighted by Crippen LogP contribution is 2.41. The van der Waals surface area contributed by atoms with E-state index >= 15 is 0 Å². The number of anilines is 1. The lowest BCUT2D eigenvalue weighted by atomic mass is 9.68. The Morgan fingerprint density at radius 1 is 1.10 bits per heavy atom. The molecule has 6 nitrogen and oxygen atoms in total. The summed E-state index contributed by atoms with van der Waals surface area (Å²) < 4.78 is 5.79. The largest absolute Gasteiger partial charge is 0.491 e. The standard InChI is InChI=1S/C23H28N2O4/c1-3-17(2)29-21-13-9-19(10-14-21)24-22(26)23(15-5-4-6-16-23)18-7-11-20(12-8-18)25(27)28/h7-14,17H,3-6,15-16H2,1-2H3,(H,24,26)/t17-/m0/s1. The number of nitro benzene ring substituents is 1. The predicted octanol–water partition coefficient (Wildman–Crippen LogP) is 5.61. The molecule has 1 amide bonds. The van der Waals surface area contributed by atoms with Gasteiger partial charge >= 0.3 is 0 Å². The minimum Gasteiger partial charge on any atom is -0.491 e. The predicted molar refractivity (Wildman–Crippen MR) is 113 cm³/mol. The Kier molecular flexibility index (Phi) is 6.52. The summed E-state index contributed by atoms with van der Waals surface area (Å²) in [6, 6.07) is 13.9. The molecule has 154 valence electrons. The van der Waals surface area contributed by atoms with E-state index < -0.39 is 10.3 Å². The van der Waals surface area contributed by atoms with Crippen molar-refractivity contribution >= 4 is 17.3 Å². The molecule has 1 atom stereocenters. The normalized spacial score (nSPS) is 16.6. The van der Waals surface area contributed by atoms with Gasteiger partial charge in [0.05, 0.1) is 16.4 Å². The number of nitro groups is 1. The molecule has 1 N–H and O–H groups in total. The fourth-order valence-electron chi connectivity index (χ4n) is 3.89. The maximum atomic E-state index is 13.3. The number of hydrogen-bond acceptors (Lipinski definition) is 4. The summed E-state index contributed by atoms with van der Waals surface area (Å²) in [5, 5.41) is 14.0. The van der Waals surface area contributed by atoms with Crippen LogP contribution in [0.2, 0.25) is 0 Å². The number of carbonyl (C=O) groups is 1.